The number of alkyl carbamates (subject to hydrolysis) is 1. The maximum Gasteiger partial charge on any atom is 0.410 e. The number of ether oxygens (including phenoxy) is 7. The number of nitrogens with zero attached hydrogens (tertiary/aromatic N) is 4. The van der Waals surface area contributed by atoms with E-state index in [0.717, 1.165) is 53.5 Å². The Hall–Kier alpha value is -5.30. The predicted octanol–water partition coefficient (Wildman–Crippen LogP) is 7.42. The molecule has 81 heavy (non-hydrogen) atoms. The largest absolute Gasteiger partial charge is 0.495 e. The van der Waals surface area contributed by atoms with Crippen LogP contribution in [0.5, 0.6) is 5.75 Å². The van der Waals surface area contributed by atoms with Gasteiger partial charge < -0.3 is 63.2 Å². The van der Waals surface area contributed by atoms with Crippen molar-refractivity contribution in [2.75, 3.05) is 85.1 Å². The Balaban J connectivity index is 1.18. The summed E-state index contributed by atoms with van der Waals surface area (Å²) in [6, 6.07) is 2.38. The number of anilines is 1. The lowest BCUT2D eigenvalue weighted by Gasteiger charge is -2.42. The number of methoxy groups -OCH3 is 2. The minimum Gasteiger partial charge on any atom is -0.495 e. The number of halogens is 1. The summed E-state index contributed by atoms with van der Waals surface area (Å²) in [5, 5.41) is 17.1. The summed E-state index contributed by atoms with van der Waals surface area (Å²) in [4.78, 5) is 100. The van der Waals surface area contributed by atoms with E-state index in [9.17, 15) is 38.7 Å². The Kier molecular flexibility index (Phi) is 25.3. The molecule has 0 radical (unpaired) electrons. The molecule has 21 nitrogen and oxygen atoms in total. The second-order valence-electron chi connectivity index (χ2n) is 21.1. The molecular formula is C57H83ClN6O15S2. The van der Waals surface area contributed by atoms with Gasteiger partial charge in [0, 0.05) is 79.4 Å². The zero-order chi connectivity index (χ0) is 59.8. The molecule has 0 aromatic heterocycles. The highest BCUT2D eigenvalue weighted by Gasteiger charge is 2.64. The minimum absolute atomic E-state index is 0.0792. The van der Waals surface area contributed by atoms with Gasteiger partial charge in [-0.15, -0.1) is 11.8 Å². The molecule has 4 aliphatic rings. The Labute approximate surface area is 490 Å². The summed E-state index contributed by atoms with van der Waals surface area (Å²) in [6.07, 6.45) is 6.56. The lowest BCUT2D eigenvalue weighted by molar-refractivity contribution is -0.162. The van der Waals surface area contributed by atoms with Crippen molar-refractivity contribution in [1.82, 2.24) is 25.3 Å². The van der Waals surface area contributed by atoms with Gasteiger partial charge >= 0.3 is 18.2 Å². The van der Waals surface area contributed by atoms with Crippen LogP contribution in [0.1, 0.15) is 91.5 Å². The number of benzene rings is 1. The number of likely N-dealkylation sites (N-methyl/N-ethyl adjacent to an activating group) is 3. The maximum absolute atomic E-state index is 14.4. The van der Waals surface area contributed by atoms with E-state index in [1.54, 1.807) is 59.3 Å². The van der Waals surface area contributed by atoms with E-state index in [2.05, 4.69) is 17.2 Å². The molecule has 3 N–H and O–H groups in total. The molecular weight excluding hydrogens is 1110 g/mol. The first-order valence-electron chi connectivity index (χ1n) is 27.4. The number of rotatable bonds is 20. The Morgan fingerprint density at radius 2 is 1.79 bits per heavy atom. The van der Waals surface area contributed by atoms with Gasteiger partial charge in [-0.3, -0.25) is 24.5 Å². The monoisotopic (exact) mass is 1190 g/mol. The molecule has 1 aliphatic carbocycles. The summed E-state index contributed by atoms with van der Waals surface area (Å²) in [5.41, 5.74) is -1.20. The molecule has 3 aliphatic heterocycles. The van der Waals surface area contributed by atoms with Crippen molar-refractivity contribution in [2.24, 2.45) is 5.92 Å². The fourth-order valence-corrected chi connectivity index (χ4v) is 11.3. The van der Waals surface area contributed by atoms with Crippen LogP contribution in [0.4, 0.5) is 20.1 Å². The SMILES string of the molecule is C=C(CC)SCC(=O)NCCOC1CCCC/C=C/C1OC(=O)N(C)CCN(C)C(=O)SCCC(=O)N(C)[C@@H](C)C(=O)O[C@H]1CC(=O)N(C)c2cc(cc(OC)c2Cl)C/C(C)=C/C=C/[C@@H](OC)[C@@]2(O)C[C@H](OC(=O)N2)[C@@H](C)[C@@H]2O[C@@]12C. The highest BCUT2D eigenvalue weighted by atomic mass is 35.5. The number of fused-ring (bicyclic) bond motifs is 5. The lowest BCUT2D eigenvalue weighted by atomic mass is 9.83. The molecule has 450 valence electrons. The minimum atomic E-state index is -1.89. The zero-order valence-corrected chi connectivity index (χ0v) is 51.0. The molecule has 4 bridgehead atoms. The van der Waals surface area contributed by atoms with Gasteiger partial charge in [0.25, 0.3) is 5.24 Å². The molecule has 5 rings (SSSR count). The average molecular weight is 1190 g/mol. The van der Waals surface area contributed by atoms with E-state index >= 15 is 0 Å². The van der Waals surface area contributed by atoms with Crippen molar-refractivity contribution >= 4 is 81.9 Å². The molecule has 3 heterocycles. The first kappa shape index (κ1) is 66.5. The molecule has 0 saturated carbocycles. The van der Waals surface area contributed by atoms with E-state index in [0.29, 0.717) is 30.8 Å². The van der Waals surface area contributed by atoms with E-state index in [-0.39, 0.29) is 60.2 Å². The number of amides is 6. The number of carbonyl (C=O) groups excluding carboxylic acids is 7. The van der Waals surface area contributed by atoms with Crippen LogP contribution >= 0.6 is 35.1 Å². The third kappa shape index (κ3) is 18.6. The number of thioether (sulfide) groups is 2. The highest BCUT2D eigenvalue weighted by Crippen LogP contribution is 2.49. The number of epoxide rings is 1. The number of allylic oxidation sites excluding steroid dienone is 5. The van der Waals surface area contributed by atoms with Crippen molar-refractivity contribution in [1.29, 1.82) is 0 Å². The number of carbonyl (C=O) groups is 7. The van der Waals surface area contributed by atoms with Gasteiger partial charge in [-0.25, -0.2) is 14.4 Å². The number of hydrogen-bond donors (Lipinski definition) is 3. The number of esters is 1. The number of aliphatic hydroxyl groups is 1. The van der Waals surface area contributed by atoms with Crippen LogP contribution in [-0.4, -0.2) is 195 Å². The molecule has 1 aromatic rings. The lowest BCUT2D eigenvalue weighted by Crippen LogP contribution is -2.63. The molecule has 6 amide bonds. The molecule has 10 atom stereocenters. The molecule has 1 aromatic carbocycles. The first-order valence-corrected chi connectivity index (χ1v) is 29.7. The van der Waals surface area contributed by atoms with Gasteiger partial charge in [-0.2, -0.15) is 0 Å². The van der Waals surface area contributed by atoms with Crippen LogP contribution in [0.3, 0.4) is 0 Å². The van der Waals surface area contributed by atoms with Crippen molar-refractivity contribution in [3.8, 4) is 5.75 Å². The fourth-order valence-electron chi connectivity index (χ4n) is 9.56. The van der Waals surface area contributed by atoms with Crippen LogP contribution in [0.2, 0.25) is 5.02 Å². The van der Waals surface area contributed by atoms with Gasteiger partial charge in [0.05, 0.1) is 43.8 Å². The normalized spacial score (nSPS) is 27.6. The van der Waals surface area contributed by atoms with Crippen molar-refractivity contribution in [3.05, 3.63) is 70.2 Å². The fraction of sp³-hybridized carbons (Fsp3) is 0.632. The van der Waals surface area contributed by atoms with Crippen molar-refractivity contribution in [3.63, 3.8) is 0 Å². The third-order valence-electron chi connectivity index (χ3n) is 15.1. The predicted molar refractivity (Wildman–Crippen MR) is 311 cm³/mol. The zero-order valence-electron chi connectivity index (χ0n) is 48.6. The van der Waals surface area contributed by atoms with Crippen molar-refractivity contribution < 1.29 is 71.8 Å². The topological polar surface area (TPSA) is 245 Å². The van der Waals surface area contributed by atoms with Crippen LogP contribution < -0.4 is 20.3 Å². The first-order chi connectivity index (χ1) is 38.3. The van der Waals surface area contributed by atoms with Gasteiger partial charge in [-0.1, -0.05) is 80.1 Å². The van der Waals surface area contributed by atoms with Crippen LogP contribution in [0, 0.1) is 5.92 Å². The Morgan fingerprint density at radius 1 is 1.06 bits per heavy atom. The molecule has 2 unspecified atom stereocenters. The average Bonchev–Trinajstić information content (AvgIpc) is 4.33. The molecule has 2 saturated heterocycles. The summed E-state index contributed by atoms with van der Waals surface area (Å²) >= 11 is 9.15. The highest BCUT2D eigenvalue weighted by molar-refractivity contribution is 8.13. The van der Waals surface area contributed by atoms with Crippen LogP contribution in [0.25, 0.3) is 0 Å². The summed E-state index contributed by atoms with van der Waals surface area (Å²) in [6.45, 7) is 13.6. The third-order valence-corrected chi connectivity index (χ3v) is 17.5. The van der Waals surface area contributed by atoms with E-state index in [1.165, 1.54) is 59.6 Å². The molecule has 2 fully saturated rings. The number of nitrogens with one attached hydrogen (secondary N) is 2. The quantitative estimate of drug-likeness (QED) is 0.0378. The second kappa shape index (κ2) is 30.8. The molecule has 24 heteroatoms. The summed E-state index contributed by atoms with van der Waals surface area (Å²) in [7, 11) is 9.03. The van der Waals surface area contributed by atoms with Crippen LogP contribution in [0.15, 0.2) is 59.6 Å². The van der Waals surface area contributed by atoms with Gasteiger partial charge in [0.1, 0.15) is 46.8 Å². The van der Waals surface area contributed by atoms with E-state index < -0.39 is 96.3 Å². The van der Waals surface area contributed by atoms with Gasteiger partial charge in [0.2, 0.25) is 17.7 Å². The van der Waals surface area contributed by atoms with Crippen molar-refractivity contribution in [2.45, 2.75) is 146 Å². The standard InChI is InChI=1S/C57H83ClN6O15S2/c1-13-36(3)81-34-47(65)59-24-27-75-41-20-16-14-15-17-21-42(41)77-54(70)61(7)25-26-62(8)55(71)80-28-23-48(66)63(9)38(5)52(68)78-46-32-49(67)64(10)40-30-39(31-43(73-11)50(40)58)29-35(2)19-18-22-45(74-12)57(72)33-44(76-53(69)60-57)37(4)51-56(46,6)79-51/h17-19,21-22,30-31,37-38,41-42,44-46,51,72H,3,13-16,20,23-29,32-34H2,1-2,4-12H3,(H,59,65)(H,60,69)/b21-17+,22-18+,35-19+/t37-,38+,41?,42?,44+,45-,46+,51+,56+,57+/m1/s1. The maximum atomic E-state index is 14.4. The molecule has 0 spiro atoms. The second-order valence-corrected chi connectivity index (χ2v) is 23.7. The smallest absolute Gasteiger partial charge is 0.410 e. The van der Waals surface area contributed by atoms with Gasteiger partial charge in [-0.05, 0) is 81.6 Å². The number of hydrogen-bond acceptors (Lipinski definition) is 17. The van der Waals surface area contributed by atoms with E-state index in [4.69, 9.17) is 44.8 Å². The van der Waals surface area contributed by atoms with E-state index in [1.807, 2.05) is 32.1 Å². The summed E-state index contributed by atoms with van der Waals surface area (Å²) < 4.78 is 41.5. The Bertz CT molecular complexity index is 2520. The Morgan fingerprint density at radius 3 is 2.49 bits per heavy atom. The van der Waals surface area contributed by atoms with Gasteiger partial charge in [0.15, 0.2) is 5.72 Å². The van der Waals surface area contributed by atoms with Crippen LogP contribution in [-0.2, 0) is 54.0 Å². The summed E-state index contributed by atoms with van der Waals surface area (Å²) in [5.74, 6) is -1.80.